The number of hydrogen-bond donors (Lipinski definition) is 0. The van der Waals surface area contributed by atoms with Crippen molar-refractivity contribution >= 4 is 12.6 Å². The summed E-state index contributed by atoms with van der Waals surface area (Å²) in [5.41, 5.74) is 2.33. The lowest BCUT2D eigenvalue weighted by Gasteiger charge is -2.01. The monoisotopic (exact) mass is 190 g/mol. The van der Waals surface area contributed by atoms with Gasteiger partial charge in [-0.1, -0.05) is 24.3 Å². The van der Waals surface area contributed by atoms with Crippen molar-refractivity contribution in [2.75, 3.05) is 0 Å². The maximum atomic E-state index is 10.2. The Hall–Kier alpha value is -1.44. The van der Waals surface area contributed by atoms with Crippen LogP contribution in [-0.2, 0) is 22.4 Å². The molecule has 0 radical (unpaired) electrons. The van der Waals surface area contributed by atoms with E-state index in [9.17, 15) is 9.59 Å². The van der Waals surface area contributed by atoms with Crippen LogP contribution in [0.5, 0.6) is 0 Å². The van der Waals surface area contributed by atoms with Crippen molar-refractivity contribution in [3.63, 3.8) is 0 Å². The van der Waals surface area contributed by atoms with Crippen LogP contribution in [0.25, 0.3) is 0 Å². The minimum atomic E-state index is 0.567. The van der Waals surface area contributed by atoms with Gasteiger partial charge in [0, 0.05) is 12.8 Å². The molecule has 1 aromatic carbocycles. The van der Waals surface area contributed by atoms with E-state index in [1.165, 1.54) is 11.1 Å². The molecular formula is C12H14O2. The van der Waals surface area contributed by atoms with E-state index in [-0.39, 0.29) is 0 Å². The number of aryl methyl sites for hydroxylation is 2. The zero-order valence-corrected chi connectivity index (χ0v) is 8.11. The fourth-order valence-electron chi connectivity index (χ4n) is 1.39. The summed E-state index contributed by atoms with van der Waals surface area (Å²) in [5, 5.41) is 0. The van der Waals surface area contributed by atoms with Crippen LogP contribution in [-0.4, -0.2) is 12.6 Å². The highest BCUT2D eigenvalue weighted by molar-refractivity contribution is 5.51. The zero-order chi connectivity index (χ0) is 10.2. The van der Waals surface area contributed by atoms with Gasteiger partial charge in [-0.15, -0.1) is 0 Å². The Labute approximate surface area is 83.9 Å². The average molecular weight is 190 g/mol. The van der Waals surface area contributed by atoms with Crippen molar-refractivity contribution in [3.8, 4) is 0 Å². The van der Waals surface area contributed by atoms with E-state index in [2.05, 4.69) is 6.07 Å². The molecule has 0 bridgehead atoms. The second kappa shape index (κ2) is 6.08. The molecule has 0 fully saturated rings. The SMILES string of the molecule is O=CCCc1cccc(CCC=O)c1. The summed E-state index contributed by atoms with van der Waals surface area (Å²) in [6.07, 6.45) is 4.57. The lowest BCUT2D eigenvalue weighted by atomic mass is 10.0. The van der Waals surface area contributed by atoms with Crippen LogP contribution in [0.4, 0.5) is 0 Å². The first-order chi connectivity index (χ1) is 6.86. The van der Waals surface area contributed by atoms with Gasteiger partial charge >= 0.3 is 0 Å². The van der Waals surface area contributed by atoms with Crippen LogP contribution in [0.1, 0.15) is 24.0 Å². The van der Waals surface area contributed by atoms with Crippen molar-refractivity contribution in [1.82, 2.24) is 0 Å². The molecule has 0 aliphatic carbocycles. The first-order valence-electron chi connectivity index (χ1n) is 4.82. The van der Waals surface area contributed by atoms with Gasteiger partial charge in [0.1, 0.15) is 12.6 Å². The number of benzene rings is 1. The maximum Gasteiger partial charge on any atom is 0.120 e. The first-order valence-corrected chi connectivity index (χ1v) is 4.82. The summed E-state index contributed by atoms with van der Waals surface area (Å²) in [6, 6.07) is 8.05. The van der Waals surface area contributed by atoms with Gasteiger partial charge in [-0.25, -0.2) is 0 Å². The van der Waals surface area contributed by atoms with E-state index in [1.54, 1.807) is 0 Å². The topological polar surface area (TPSA) is 34.1 Å². The molecule has 1 aromatic rings. The molecule has 0 amide bonds. The summed E-state index contributed by atoms with van der Waals surface area (Å²) in [5.74, 6) is 0. The molecule has 0 spiro atoms. The minimum absolute atomic E-state index is 0.567. The molecule has 0 saturated carbocycles. The smallest absolute Gasteiger partial charge is 0.120 e. The standard InChI is InChI=1S/C12H14O2/c13-8-2-6-11-4-1-5-12(10-11)7-3-9-14/h1,4-5,8-10H,2-3,6-7H2. The fourth-order valence-corrected chi connectivity index (χ4v) is 1.39. The Morgan fingerprint density at radius 2 is 1.43 bits per heavy atom. The first kappa shape index (κ1) is 10.6. The Morgan fingerprint density at radius 3 is 1.86 bits per heavy atom. The lowest BCUT2D eigenvalue weighted by molar-refractivity contribution is -0.108. The molecule has 0 aliphatic heterocycles. The van der Waals surface area contributed by atoms with Crippen molar-refractivity contribution < 1.29 is 9.59 Å². The number of carbonyl (C=O) groups is 2. The summed E-state index contributed by atoms with van der Waals surface area (Å²) >= 11 is 0. The summed E-state index contributed by atoms with van der Waals surface area (Å²) in [4.78, 5) is 20.4. The van der Waals surface area contributed by atoms with Gasteiger partial charge in [-0.05, 0) is 24.0 Å². The molecule has 0 N–H and O–H groups in total. The predicted octanol–water partition coefficient (Wildman–Crippen LogP) is 1.95. The largest absolute Gasteiger partial charge is 0.303 e. The van der Waals surface area contributed by atoms with Gasteiger partial charge in [0.2, 0.25) is 0 Å². The Kier molecular flexibility index (Phi) is 4.62. The van der Waals surface area contributed by atoms with Crippen molar-refractivity contribution in [2.45, 2.75) is 25.7 Å². The average Bonchev–Trinajstić information content (AvgIpc) is 2.24. The van der Waals surface area contributed by atoms with Crippen molar-refractivity contribution in [2.24, 2.45) is 0 Å². The van der Waals surface area contributed by atoms with Crippen LogP contribution in [0, 0.1) is 0 Å². The number of rotatable bonds is 6. The Bertz CT molecular complexity index is 278. The molecule has 0 atom stereocenters. The molecule has 2 heteroatoms. The summed E-state index contributed by atoms with van der Waals surface area (Å²) in [7, 11) is 0. The third-order valence-electron chi connectivity index (χ3n) is 2.09. The van der Waals surface area contributed by atoms with Gasteiger partial charge in [0.15, 0.2) is 0 Å². The van der Waals surface area contributed by atoms with E-state index < -0.39 is 0 Å². The summed E-state index contributed by atoms with van der Waals surface area (Å²) in [6.45, 7) is 0. The van der Waals surface area contributed by atoms with E-state index in [4.69, 9.17) is 0 Å². The second-order valence-electron chi connectivity index (χ2n) is 3.23. The van der Waals surface area contributed by atoms with Crippen LogP contribution < -0.4 is 0 Å². The van der Waals surface area contributed by atoms with Crippen LogP contribution >= 0.6 is 0 Å². The fraction of sp³-hybridized carbons (Fsp3) is 0.333. The molecular weight excluding hydrogens is 176 g/mol. The van der Waals surface area contributed by atoms with Gasteiger partial charge in [-0.3, -0.25) is 0 Å². The number of hydrogen-bond acceptors (Lipinski definition) is 2. The maximum absolute atomic E-state index is 10.2. The van der Waals surface area contributed by atoms with E-state index in [0.29, 0.717) is 12.8 Å². The highest BCUT2D eigenvalue weighted by atomic mass is 16.1. The van der Waals surface area contributed by atoms with Gasteiger partial charge in [0.05, 0.1) is 0 Å². The minimum Gasteiger partial charge on any atom is -0.303 e. The Morgan fingerprint density at radius 1 is 0.929 bits per heavy atom. The molecule has 0 aliphatic rings. The highest BCUT2D eigenvalue weighted by Crippen LogP contribution is 2.08. The molecule has 1 rings (SSSR count). The third kappa shape index (κ3) is 3.52. The van der Waals surface area contributed by atoms with Crippen molar-refractivity contribution in [1.29, 1.82) is 0 Å². The van der Waals surface area contributed by atoms with E-state index >= 15 is 0 Å². The molecule has 0 unspecified atom stereocenters. The number of carbonyl (C=O) groups excluding carboxylic acids is 2. The molecule has 14 heavy (non-hydrogen) atoms. The second-order valence-corrected chi connectivity index (χ2v) is 3.23. The molecule has 0 saturated heterocycles. The predicted molar refractivity (Wildman–Crippen MR) is 55.2 cm³/mol. The molecule has 2 nitrogen and oxygen atoms in total. The molecule has 74 valence electrons. The zero-order valence-electron chi connectivity index (χ0n) is 8.11. The Balaban J connectivity index is 2.58. The molecule has 0 aromatic heterocycles. The van der Waals surface area contributed by atoms with Gasteiger partial charge in [-0.2, -0.15) is 0 Å². The van der Waals surface area contributed by atoms with Gasteiger partial charge in [0.25, 0.3) is 0 Å². The van der Waals surface area contributed by atoms with Crippen molar-refractivity contribution in [3.05, 3.63) is 35.4 Å². The van der Waals surface area contributed by atoms with Gasteiger partial charge < -0.3 is 9.59 Å². The van der Waals surface area contributed by atoms with E-state index in [1.807, 2.05) is 18.2 Å². The lowest BCUT2D eigenvalue weighted by Crippen LogP contribution is -1.90. The third-order valence-corrected chi connectivity index (χ3v) is 2.09. The highest BCUT2D eigenvalue weighted by Gasteiger charge is 1.95. The number of aldehydes is 2. The van der Waals surface area contributed by atoms with Crippen LogP contribution in [0.15, 0.2) is 24.3 Å². The van der Waals surface area contributed by atoms with Crippen LogP contribution in [0.3, 0.4) is 0 Å². The molecule has 0 heterocycles. The van der Waals surface area contributed by atoms with Crippen LogP contribution in [0.2, 0.25) is 0 Å². The quantitative estimate of drug-likeness (QED) is 0.642. The normalized spacial score (nSPS) is 9.71. The van der Waals surface area contributed by atoms with E-state index in [0.717, 1.165) is 25.4 Å². The summed E-state index contributed by atoms with van der Waals surface area (Å²) < 4.78 is 0.